The van der Waals surface area contributed by atoms with Crippen molar-refractivity contribution in [3.05, 3.63) is 64.2 Å². The second kappa shape index (κ2) is 8.44. The molecule has 1 atom stereocenters. The summed E-state index contributed by atoms with van der Waals surface area (Å²) in [6, 6.07) is 13.1. The highest BCUT2D eigenvalue weighted by atomic mass is 16.6. The van der Waals surface area contributed by atoms with Crippen molar-refractivity contribution < 1.29 is 19.2 Å². The first kappa shape index (κ1) is 17.9. The number of benzene rings is 2. The molecule has 136 valence electrons. The Kier molecular flexibility index (Phi) is 5.80. The van der Waals surface area contributed by atoms with Gasteiger partial charge in [-0.25, -0.2) is 0 Å². The van der Waals surface area contributed by atoms with Crippen molar-refractivity contribution in [2.45, 2.75) is 25.4 Å². The van der Waals surface area contributed by atoms with Crippen LogP contribution in [-0.2, 0) is 16.0 Å². The number of carbonyl (C=O) groups excluding carboxylic acids is 1. The summed E-state index contributed by atoms with van der Waals surface area (Å²) in [5, 5.41) is 13.5. The van der Waals surface area contributed by atoms with E-state index in [1.807, 2.05) is 12.1 Å². The van der Waals surface area contributed by atoms with Crippen molar-refractivity contribution in [1.29, 1.82) is 0 Å². The molecule has 0 radical (unpaired) electrons. The summed E-state index contributed by atoms with van der Waals surface area (Å²) in [5.41, 5.74) is 1.35. The summed E-state index contributed by atoms with van der Waals surface area (Å²) < 4.78 is 11.2. The predicted molar refractivity (Wildman–Crippen MR) is 96.3 cm³/mol. The number of amides is 1. The van der Waals surface area contributed by atoms with Crippen molar-refractivity contribution in [3.8, 4) is 5.75 Å². The van der Waals surface area contributed by atoms with Gasteiger partial charge in [-0.3, -0.25) is 14.9 Å². The van der Waals surface area contributed by atoms with Crippen LogP contribution < -0.4 is 10.1 Å². The third-order valence-corrected chi connectivity index (χ3v) is 4.09. The number of non-ortho nitro benzene ring substituents is 1. The zero-order valence-electron chi connectivity index (χ0n) is 14.2. The lowest BCUT2D eigenvalue weighted by Crippen LogP contribution is -2.17. The summed E-state index contributed by atoms with van der Waals surface area (Å²) in [5.74, 6) is 0.476. The summed E-state index contributed by atoms with van der Waals surface area (Å²) in [7, 11) is 0. The van der Waals surface area contributed by atoms with E-state index >= 15 is 0 Å². The van der Waals surface area contributed by atoms with Gasteiger partial charge in [0.15, 0.2) is 0 Å². The van der Waals surface area contributed by atoms with Gasteiger partial charge in [-0.2, -0.15) is 0 Å². The van der Waals surface area contributed by atoms with Crippen LogP contribution in [0.5, 0.6) is 5.75 Å². The van der Waals surface area contributed by atoms with Gasteiger partial charge in [-0.1, -0.05) is 18.2 Å². The van der Waals surface area contributed by atoms with Crippen LogP contribution in [0, 0.1) is 10.1 Å². The van der Waals surface area contributed by atoms with Crippen molar-refractivity contribution in [2.24, 2.45) is 0 Å². The molecule has 7 heteroatoms. The molecule has 0 bridgehead atoms. The van der Waals surface area contributed by atoms with Crippen LogP contribution in [0.2, 0.25) is 0 Å². The Hall–Kier alpha value is -2.93. The van der Waals surface area contributed by atoms with Gasteiger partial charge >= 0.3 is 0 Å². The van der Waals surface area contributed by atoms with E-state index in [2.05, 4.69) is 5.32 Å². The number of carbonyl (C=O) groups is 1. The molecule has 1 unspecified atom stereocenters. The van der Waals surface area contributed by atoms with Crippen LogP contribution in [0.15, 0.2) is 48.5 Å². The first-order valence-corrected chi connectivity index (χ1v) is 8.48. The molecular formula is C19H20N2O5. The Balaban J connectivity index is 1.53. The van der Waals surface area contributed by atoms with Crippen LogP contribution in [0.3, 0.4) is 0 Å². The number of ether oxygens (including phenoxy) is 2. The van der Waals surface area contributed by atoms with Crippen molar-refractivity contribution in [1.82, 2.24) is 0 Å². The first-order chi connectivity index (χ1) is 12.6. The molecule has 1 heterocycles. The van der Waals surface area contributed by atoms with E-state index < -0.39 is 4.92 Å². The molecule has 1 fully saturated rings. The van der Waals surface area contributed by atoms with Crippen LogP contribution in [0.25, 0.3) is 0 Å². The maximum Gasteiger partial charge on any atom is 0.269 e. The summed E-state index contributed by atoms with van der Waals surface area (Å²) in [6.07, 6.45) is 2.34. The smallest absolute Gasteiger partial charge is 0.269 e. The van der Waals surface area contributed by atoms with E-state index in [9.17, 15) is 14.9 Å². The summed E-state index contributed by atoms with van der Waals surface area (Å²) in [4.78, 5) is 22.4. The van der Waals surface area contributed by atoms with Gasteiger partial charge < -0.3 is 14.8 Å². The number of nitrogens with one attached hydrogen (secondary N) is 1. The molecule has 1 amide bonds. The zero-order chi connectivity index (χ0) is 18.4. The number of anilines is 1. The van der Waals surface area contributed by atoms with E-state index in [-0.39, 0.29) is 24.1 Å². The van der Waals surface area contributed by atoms with Gasteiger partial charge in [0.2, 0.25) is 5.91 Å². The minimum Gasteiger partial charge on any atom is -0.491 e. The van der Waals surface area contributed by atoms with Crippen molar-refractivity contribution >= 4 is 17.3 Å². The maximum absolute atomic E-state index is 12.2. The highest BCUT2D eigenvalue weighted by Crippen LogP contribution is 2.20. The number of nitro benzene ring substituents is 1. The molecule has 1 aliphatic rings. The van der Waals surface area contributed by atoms with E-state index in [1.165, 1.54) is 12.1 Å². The fraction of sp³-hybridized carbons (Fsp3) is 0.316. The highest BCUT2D eigenvalue weighted by molar-refractivity contribution is 5.92. The standard InChI is InChI=1S/C19H20N2O5/c22-19(11-14-6-8-16(9-7-14)21(23)24)20-15-3-1-4-17(12-15)26-13-18-5-2-10-25-18/h1,3-4,6-9,12,18H,2,5,10-11,13H2,(H,20,22). The van der Waals surface area contributed by atoms with Crippen LogP contribution >= 0.6 is 0 Å². The Morgan fingerprint density at radius 3 is 2.77 bits per heavy atom. The average molecular weight is 356 g/mol. The lowest BCUT2D eigenvalue weighted by Gasteiger charge is -2.12. The van der Waals surface area contributed by atoms with Crippen LogP contribution in [-0.4, -0.2) is 30.1 Å². The fourth-order valence-corrected chi connectivity index (χ4v) is 2.75. The number of hydrogen-bond acceptors (Lipinski definition) is 5. The Labute approximate surface area is 151 Å². The van der Waals surface area contributed by atoms with Gasteiger partial charge in [0.1, 0.15) is 12.4 Å². The zero-order valence-corrected chi connectivity index (χ0v) is 14.2. The lowest BCUT2D eigenvalue weighted by atomic mass is 10.1. The lowest BCUT2D eigenvalue weighted by molar-refractivity contribution is -0.384. The molecule has 1 N–H and O–H groups in total. The Morgan fingerprint density at radius 2 is 2.08 bits per heavy atom. The summed E-state index contributed by atoms with van der Waals surface area (Å²) >= 11 is 0. The molecule has 0 saturated carbocycles. The molecule has 2 aromatic rings. The van der Waals surface area contributed by atoms with Gasteiger partial charge in [0, 0.05) is 30.5 Å². The van der Waals surface area contributed by atoms with Crippen LogP contribution in [0.1, 0.15) is 18.4 Å². The monoisotopic (exact) mass is 356 g/mol. The minimum absolute atomic E-state index is 0.00486. The first-order valence-electron chi connectivity index (χ1n) is 8.48. The normalized spacial score (nSPS) is 16.2. The molecule has 3 rings (SSSR count). The van der Waals surface area contributed by atoms with Gasteiger partial charge in [-0.05, 0) is 30.5 Å². The Bertz CT molecular complexity index is 770. The molecule has 0 aromatic heterocycles. The van der Waals surface area contributed by atoms with Gasteiger partial charge in [0.05, 0.1) is 17.4 Å². The minimum atomic E-state index is -0.466. The molecule has 26 heavy (non-hydrogen) atoms. The number of rotatable bonds is 7. The predicted octanol–water partition coefficient (Wildman–Crippen LogP) is 3.33. The molecule has 2 aromatic carbocycles. The van der Waals surface area contributed by atoms with E-state index in [4.69, 9.17) is 9.47 Å². The number of nitro groups is 1. The van der Waals surface area contributed by atoms with E-state index in [1.54, 1.807) is 24.3 Å². The molecule has 7 nitrogen and oxygen atoms in total. The van der Waals surface area contributed by atoms with Crippen molar-refractivity contribution in [2.75, 3.05) is 18.5 Å². The second-order valence-electron chi connectivity index (χ2n) is 6.12. The van der Waals surface area contributed by atoms with Gasteiger partial charge in [0.25, 0.3) is 5.69 Å². The molecule has 0 spiro atoms. The maximum atomic E-state index is 12.2. The van der Waals surface area contributed by atoms with E-state index in [0.29, 0.717) is 23.6 Å². The fourth-order valence-electron chi connectivity index (χ4n) is 2.75. The molecular weight excluding hydrogens is 336 g/mol. The topological polar surface area (TPSA) is 90.7 Å². The quantitative estimate of drug-likeness (QED) is 0.607. The van der Waals surface area contributed by atoms with Crippen molar-refractivity contribution in [3.63, 3.8) is 0 Å². The average Bonchev–Trinajstić information content (AvgIpc) is 3.14. The van der Waals surface area contributed by atoms with Crippen LogP contribution in [0.4, 0.5) is 11.4 Å². The molecule has 1 saturated heterocycles. The third kappa shape index (κ3) is 5.03. The number of hydrogen-bond donors (Lipinski definition) is 1. The highest BCUT2D eigenvalue weighted by Gasteiger charge is 2.16. The largest absolute Gasteiger partial charge is 0.491 e. The molecule has 1 aliphatic heterocycles. The summed E-state index contributed by atoms with van der Waals surface area (Å²) in [6.45, 7) is 1.28. The van der Waals surface area contributed by atoms with E-state index in [0.717, 1.165) is 19.4 Å². The second-order valence-corrected chi connectivity index (χ2v) is 6.12. The third-order valence-electron chi connectivity index (χ3n) is 4.09. The SMILES string of the molecule is O=C(Cc1ccc([N+](=O)[O-])cc1)Nc1cccc(OCC2CCCO2)c1. The number of nitrogens with zero attached hydrogens (tertiary/aromatic N) is 1. The Morgan fingerprint density at radius 1 is 1.27 bits per heavy atom. The van der Waals surface area contributed by atoms with Gasteiger partial charge in [-0.15, -0.1) is 0 Å². The molecule has 0 aliphatic carbocycles.